The number of nitrogens with zero attached hydrogens (tertiary/aromatic N) is 2. The standard InChI is InChI=1S/C19H35N5O2/c1-14(2)18(26)24-12-9-16(13-24)23-19(20-3)22-11-10-21-17(25)15-7-5-4-6-8-15/h14-16H,4-13H2,1-3H3,(H,21,25)(H2,20,22,23). The largest absolute Gasteiger partial charge is 0.355 e. The van der Waals surface area contributed by atoms with Crippen molar-refractivity contribution in [3.63, 3.8) is 0 Å². The minimum Gasteiger partial charge on any atom is -0.355 e. The molecule has 1 atom stereocenters. The van der Waals surface area contributed by atoms with Crippen LogP contribution in [0.15, 0.2) is 4.99 Å². The third-order valence-electron chi connectivity index (χ3n) is 5.25. The maximum atomic E-state index is 12.1. The van der Waals surface area contributed by atoms with Gasteiger partial charge in [0, 0.05) is 51.1 Å². The van der Waals surface area contributed by atoms with E-state index in [1.807, 2.05) is 18.7 Å². The molecular weight excluding hydrogens is 330 g/mol. The molecule has 0 aromatic heterocycles. The highest BCUT2D eigenvalue weighted by molar-refractivity contribution is 5.81. The van der Waals surface area contributed by atoms with E-state index in [0.717, 1.165) is 38.3 Å². The number of amides is 2. The first-order valence-electron chi connectivity index (χ1n) is 10.0. The number of carbonyl (C=O) groups is 2. The number of hydrogen-bond acceptors (Lipinski definition) is 3. The predicted octanol–water partition coefficient (Wildman–Crippen LogP) is 1.10. The van der Waals surface area contributed by atoms with Crippen LogP contribution in [0.2, 0.25) is 0 Å². The first-order valence-corrected chi connectivity index (χ1v) is 10.0. The van der Waals surface area contributed by atoms with Gasteiger partial charge in [0.25, 0.3) is 0 Å². The Labute approximate surface area is 157 Å². The second-order valence-electron chi connectivity index (χ2n) is 7.69. The lowest BCUT2D eigenvalue weighted by Gasteiger charge is -2.21. The summed E-state index contributed by atoms with van der Waals surface area (Å²) in [4.78, 5) is 30.3. The molecule has 1 aliphatic carbocycles. The summed E-state index contributed by atoms with van der Waals surface area (Å²) in [5.41, 5.74) is 0. The van der Waals surface area contributed by atoms with Crippen molar-refractivity contribution in [3.05, 3.63) is 0 Å². The van der Waals surface area contributed by atoms with Crippen molar-refractivity contribution >= 4 is 17.8 Å². The maximum absolute atomic E-state index is 12.1. The molecule has 2 aliphatic rings. The normalized spacial score (nSPS) is 21.8. The van der Waals surface area contributed by atoms with Crippen LogP contribution in [0.4, 0.5) is 0 Å². The molecule has 1 saturated carbocycles. The van der Waals surface area contributed by atoms with Crippen molar-refractivity contribution in [2.24, 2.45) is 16.8 Å². The molecule has 0 bridgehead atoms. The number of aliphatic imine (C=N–C) groups is 1. The fourth-order valence-corrected chi connectivity index (χ4v) is 3.71. The highest BCUT2D eigenvalue weighted by atomic mass is 16.2. The second-order valence-corrected chi connectivity index (χ2v) is 7.69. The number of carbonyl (C=O) groups excluding carboxylic acids is 2. The fraction of sp³-hybridized carbons (Fsp3) is 0.842. The zero-order chi connectivity index (χ0) is 18.9. The van der Waals surface area contributed by atoms with Crippen molar-refractivity contribution in [1.82, 2.24) is 20.9 Å². The minimum atomic E-state index is 0.0407. The topological polar surface area (TPSA) is 85.8 Å². The third kappa shape index (κ3) is 6.18. The van der Waals surface area contributed by atoms with Gasteiger partial charge in [-0.1, -0.05) is 33.1 Å². The average molecular weight is 366 g/mol. The zero-order valence-corrected chi connectivity index (χ0v) is 16.5. The van der Waals surface area contributed by atoms with E-state index in [1.54, 1.807) is 7.05 Å². The van der Waals surface area contributed by atoms with Crippen LogP contribution in [-0.2, 0) is 9.59 Å². The van der Waals surface area contributed by atoms with Gasteiger partial charge in [0.2, 0.25) is 11.8 Å². The van der Waals surface area contributed by atoms with Gasteiger partial charge in [-0.2, -0.15) is 0 Å². The molecule has 1 unspecified atom stereocenters. The quantitative estimate of drug-likeness (QED) is 0.374. The number of likely N-dealkylation sites (tertiary alicyclic amines) is 1. The Morgan fingerprint density at radius 3 is 2.42 bits per heavy atom. The Hall–Kier alpha value is -1.79. The molecule has 0 spiro atoms. The molecule has 0 aromatic rings. The van der Waals surface area contributed by atoms with E-state index in [1.165, 1.54) is 19.3 Å². The molecule has 1 heterocycles. The van der Waals surface area contributed by atoms with Crippen LogP contribution in [0.25, 0.3) is 0 Å². The Kier molecular flexibility index (Phi) is 8.19. The molecule has 0 radical (unpaired) electrons. The first-order chi connectivity index (χ1) is 12.5. The molecular formula is C19H35N5O2. The molecule has 1 saturated heterocycles. The molecule has 2 amide bonds. The number of hydrogen-bond donors (Lipinski definition) is 3. The summed E-state index contributed by atoms with van der Waals surface area (Å²) in [6.45, 7) is 6.62. The highest BCUT2D eigenvalue weighted by Crippen LogP contribution is 2.23. The summed E-state index contributed by atoms with van der Waals surface area (Å²) in [5, 5.41) is 9.64. The van der Waals surface area contributed by atoms with E-state index in [9.17, 15) is 9.59 Å². The minimum absolute atomic E-state index is 0.0407. The van der Waals surface area contributed by atoms with E-state index in [2.05, 4.69) is 20.9 Å². The molecule has 3 N–H and O–H groups in total. The van der Waals surface area contributed by atoms with Gasteiger partial charge in [0.05, 0.1) is 0 Å². The summed E-state index contributed by atoms with van der Waals surface area (Å²) in [6, 6.07) is 0.223. The van der Waals surface area contributed by atoms with Gasteiger partial charge < -0.3 is 20.9 Å². The highest BCUT2D eigenvalue weighted by Gasteiger charge is 2.28. The van der Waals surface area contributed by atoms with Crippen LogP contribution in [0, 0.1) is 11.8 Å². The Bertz CT molecular complexity index is 500. The van der Waals surface area contributed by atoms with Gasteiger partial charge >= 0.3 is 0 Å². The SMILES string of the molecule is CN=C(NCCNC(=O)C1CCCCC1)NC1CCN(C(=O)C(C)C)C1. The molecule has 0 aromatic carbocycles. The zero-order valence-electron chi connectivity index (χ0n) is 16.5. The van der Waals surface area contributed by atoms with E-state index >= 15 is 0 Å². The molecule has 26 heavy (non-hydrogen) atoms. The van der Waals surface area contributed by atoms with Gasteiger partial charge in [-0.05, 0) is 19.3 Å². The lowest BCUT2D eigenvalue weighted by molar-refractivity contribution is -0.133. The van der Waals surface area contributed by atoms with Crippen LogP contribution in [0.5, 0.6) is 0 Å². The molecule has 1 aliphatic heterocycles. The predicted molar refractivity (Wildman–Crippen MR) is 104 cm³/mol. The van der Waals surface area contributed by atoms with Crippen LogP contribution in [0.1, 0.15) is 52.4 Å². The van der Waals surface area contributed by atoms with Crippen molar-refractivity contribution in [3.8, 4) is 0 Å². The lowest BCUT2D eigenvalue weighted by Crippen LogP contribution is -2.47. The molecule has 2 rings (SSSR count). The summed E-state index contributed by atoms with van der Waals surface area (Å²) in [7, 11) is 1.74. The summed E-state index contributed by atoms with van der Waals surface area (Å²) < 4.78 is 0. The summed E-state index contributed by atoms with van der Waals surface area (Å²) in [5.74, 6) is 1.36. The Morgan fingerprint density at radius 1 is 1.08 bits per heavy atom. The van der Waals surface area contributed by atoms with Crippen molar-refractivity contribution in [1.29, 1.82) is 0 Å². The van der Waals surface area contributed by atoms with Crippen molar-refractivity contribution < 1.29 is 9.59 Å². The lowest BCUT2D eigenvalue weighted by atomic mass is 9.89. The maximum Gasteiger partial charge on any atom is 0.225 e. The summed E-state index contributed by atoms with van der Waals surface area (Å²) >= 11 is 0. The molecule has 7 heteroatoms. The van der Waals surface area contributed by atoms with Crippen LogP contribution >= 0.6 is 0 Å². The van der Waals surface area contributed by atoms with Crippen molar-refractivity contribution in [2.75, 3.05) is 33.2 Å². The molecule has 2 fully saturated rings. The molecule has 148 valence electrons. The van der Waals surface area contributed by atoms with E-state index in [4.69, 9.17) is 0 Å². The van der Waals surface area contributed by atoms with E-state index in [0.29, 0.717) is 13.1 Å². The van der Waals surface area contributed by atoms with Gasteiger partial charge in [0.1, 0.15) is 0 Å². The fourth-order valence-electron chi connectivity index (χ4n) is 3.71. The Balaban J connectivity index is 1.64. The molecule has 7 nitrogen and oxygen atoms in total. The summed E-state index contributed by atoms with van der Waals surface area (Å²) in [6.07, 6.45) is 6.58. The van der Waals surface area contributed by atoms with Gasteiger partial charge in [-0.15, -0.1) is 0 Å². The van der Waals surface area contributed by atoms with Crippen LogP contribution < -0.4 is 16.0 Å². The van der Waals surface area contributed by atoms with Gasteiger partial charge in [-0.25, -0.2) is 0 Å². The van der Waals surface area contributed by atoms with Crippen LogP contribution in [0.3, 0.4) is 0 Å². The monoisotopic (exact) mass is 365 g/mol. The number of guanidine groups is 1. The van der Waals surface area contributed by atoms with Crippen molar-refractivity contribution in [2.45, 2.75) is 58.4 Å². The Morgan fingerprint density at radius 2 is 1.77 bits per heavy atom. The van der Waals surface area contributed by atoms with Crippen LogP contribution in [-0.4, -0.2) is 61.9 Å². The van der Waals surface area contributed by atoms with Gasteiger partial charge in [0.15, 0.2) is 5.96 Å². The van der Waals surface area contributed by atoms with E-state index in [-0.39, 0.29) is 29.7 Å². The van der Waals surface area contributed by atoms with E-state index < -0.39 is 0 Å². The average Bonchev–Trinajstić information content (AvgIpc) is 3.12. The third-order valence-corrected chi connectivity index (χ3v) is 5.25. The number of rotatable bonds is 6. The smallest absolute Gasteiger partial charge is 0.225 e. The van der Waals surface area contributed by atoms with Gasteiger partial charge in [-0.3, -0.25) is 14.6 Å². The second kappa shape index (κ2) is 10.4. The first kappa shape index (κ1) is 20.5. The number of nitrogens with one attached hydrogen (secondary N) is 3.